The summed E-state index contributed by atoms with van der Waals surface area (Å²) < 4.78 is 27.5. The lowest BCUT2D eigenvalue weighted by Gasteiger charge is -2.34. The molecule has 1 aliphatic heterocycles. The minimum Gasteiger partial charge on any atom is -0.341 e. The van der Waals surface area contributed by atoms with Gasteiger partial charge in [-0.2, -0.15) is 0 Å². The fraction of sp³-hybridized carbons (Fsp3) is 0.500. The summed E-state index contributed by atoms with van der Waals surface area (Å²) in [5, 5.41) is -0.0809. The number of nitrogens with zero attached hydrogens (tertiary/aromatic N) is 3. The van der Waals surface area contributed by atoms with Crippen LogP contribution < -0.4 is 0 Å². The third-order valence-corrected chi connectivity index (χ3v) is 6.53. The van der Waals surface area contributed by atoms with Gasteiger partial charge in [0.15, 0.2) is 0 Å². The molecule has 1 aliphatic rings. The Bertz CT molecular complexity index is 939. The highest BCUT2D eigenvalue weighted by Gasteiger charge is 2.31. The molecule has 27 heavy (non-hydrogen) atoms. The lowest BCUT2D eigenvalue weighted by Crippen LogP contribution is -2.45. The van der Waals surface area contributed by atoms with Gasteiger partial charge < -0.3 is 4.90 Å². The molecule has 6 nitrogen and oxygen atoms in total. The Morgan fingerprint density at radius 3 is 2.52 bits per heavy atom. The molecule has 2 atom stereocenters. The summed E-state index contributed by atoms with van der Waals surface area (Å²) in [4.78, 5) is 18.4. The van der Waals surface area contributed by atoms with Gasteiger partial charge in [-0.15, -0.1) is 0 Å². The van der Waals surface area contributed by atoms with E-state index in [0.717, 1.165) is 23.2 Å². The number of carbonyl (C=O) groups excluding carboxylic acids is 1. The average molecular weight is 390 g/mol. The monoisotopic (exact) mass is 389 g/mol. The fourth-order valence-corrected chi connectivity index (χ4v) is 5.18. The number of piperidine rings is 1. The zero-order valence-electron chi connectivity index (χ0n) is 16.3. The Morgan fingerprint density at radius 1 is 1.19 bits per heavy atom. The summed E-state index contributed by atoms with van der Waals surface area (Å²) in [7, 11) is -3.85. The molecule has 3 rings (SSSR count). The second-order valence-corrected chi connectivity index (χ2v) is 9.76. The maximum Gasteiger partial charge on any atom is 0.238 e. The van der Waals surface area contributed by atoms with Crippen molar-refractivity contribution in [3.8, 4) is 5.69 Å². The molecule has 0 spiro atoms. The van der Waals surface area contributed by atoms with Crippen molar-refractivity contribution in [2.24, 2.45) is 11.8 Å². The summed E-state index contributed by atoms with van der Waals surface area (Å²) in [5.74, 6) is -0.118. The van der Waals surface area contributed by atoms with Crippen LogP contribution >= 0.6 is 0 Å². The molecular formula is C20H27N3O3S. The molecule has 1 saturated heterocycles. The van der Waals surface area contributed by atoms with Crippen molar-refractivity contribution in [1.82, 2.24) is 14.5 Å². The highest BCUT2D eigenvalue weighted by atomic mass is 32.2. The number of likely N-dealkylation sites (tertiary alicyclic amines) is 1. The van der Waals surface area contributed by atoms with E-state index in [4.69, 9.17) is 0 Å². The maximum atomic E-state index is 13.0. The van der Waals surface area contributed by atoms with Gasteiger partial charge in [0, 0.05) is 25.5 Å². The van der Waals surface area contributed by atoms with Gasteiger partial charge >= 0.3 is 0 Å². The van der Waals surface area contributed by atoms with Crippen molar-refractivity contribution >= 4 is 15.7 Å². The number of aryl methyl sites for hydroxylation is 2. The normalized spacial score (nSPS) is 20.7. The van der Waals surface area contributed by atoms with E-state index in [1.165, 1.54) is 6.20 Å². The average Bonchev–Trinajstić information content (AvgIpc) is 3.06. The molecule has 0 N–H and O–H groups in total. The van der Waals surface area contributed by atoms with Crippen molar-refractivity contribution in [3.05, 3.63) is 41.7 Å². The van der Waals surface area contributed by atoms with Crippen molar-refractivity contribution in [1.29, 1.82) is 0 Å². The summed E-state index contributed by atoms with van der Waals surface area (Å²) in [6.45, 7) is 9.30. The zero-order valence-corrected chi connectivity index (χ0v) is 17.2. The minimum absolute atomic E-state index is 0.0809. The van der Waals surface area contributed by atoms with Crippen LogP contribution in [0.25, 0.3) is 5.69 Å². The van der Waals surface area contributed by atoms with Crippen molar-refractivity contribution in [2.75, 3.05) is 18.8 Å². The minimum atomic E-state index is -3.85. The maximum absolute atomic E-state index is 13.0. The Kier molecular flexibility index (Phi) is 5.42. The first-order valence-electron chi connectivity index (χ1n) is 9.29. The van der Waals surface area contributed by atoms with Crippen LogP contribution in [0.3, 0.4) is 0 Å². The van der Waals surface area contributed by atoms with Crippen LogP contribution in [0.4, 0.5) is 0 Å². The van der Waals surface area contributed by atoms with E-state index in [0.29, 0.717) is 24.9 Å². The Balaban J connectivity index is 1.87. The topological polar surface area (TPSA) is 72.3 Å². The largest absolute Gasteiger partial charge is 0.341 e. The molecule has 2 aromatic rings. The van der Waals surface area contributed by atoms with E-state index in [-0.39, 0.29) is 11.1 Å². The first-order valence-corrected chi connectivity index (χ1v) is 10.9. The van der Waals surface area contributed by atoms with Gasteiger partial charge in [-0.05, 0) is 49.3 Å². The second-order valence-electron chi connectivity index (χ2n) is 7.87. The quantitative estimate of drug-likeness (QED) is 0.806. The number of benzene rings is 1. The predicted octanol–water partition coefficient (Wildman–Crippen LogP) is 2.77. The van der Waals surface area contributed by atoms with Crippen molar-refractivity contribution in [2.45, 2.75) is 39.3 Å². The van der Waals surface area contributed by atoms with Crippen LogP contribution in [-0.2, 0) is 14.6 Å². The summed E-state index contributed by atoms with van der Waals surface area (Å²) in [5.41, 5.74) is 2.74. The molecule has 1 aromatic carbocycles. The van der Waals surface area contributed by atoms with Crippen LogP contribution in [-0.4, -0.2) is 47.6 Å². The van der Waals surface area contributed by atoms with Crippen LogP contribution in [0.1, 0.15) is 31.4 Å². The third kappa shape index (κ3) is 4.24. The van der Waals surface area contributed by atoms with Gasteiger partial charge in [-0.3, -0.25) is 9.36 Å². The molecule has 1 aromatic heterocycles. The molecule has 0 radical (unpaired) electrons. The van der Waals surface area contributed by atoms with Crippen LogP contribution in [0.15, 0.2) is 35.7 Å². The standard InChI is InChI=1S/C20H27N3O3S/c1-14-5-6-17(4)18(10-14)23-8-7-21-20(23)27(25,26)13-19(24)22-11-15(2)9-16(3)12-22/h5-8,10,15-16H,9,11-13H2,1-4H3/t15-,16+. The van der Waals surface area contributed by atoms with E-state index >= 15 is 0 Å². The fourth-order valence-electron chi connectivity index (χ4n) is 3.87. The van der Waals surface area contributed by atoms with Gasteiger partial charge in [0.05, 0.1) is 5.69 Å². The van der Waals surface area contributed by atoms with Gasteiger partial charge in [-0.25, -0.2) is 13.4 Å². The number of hydrogen-bond acceptors (Lipinski definition) is 4. The van der Waals surface area contributed by atoms with E-state index < -0.39 is 15.6 Å². The van der Waals surface area contributed by atoms with E-state index in [9.17, 15) is 13.2 Å². The predicted molar refractivity (Wildman–Crippen MR) is 105 cm³/mol. The van der Waals surface area contributed by atoms with Gasteiger partial charge in [0.2, 0.25) is 20.9 Å². The highest BCUT2D eigenvalue weighted by molar-refractivity contribution is 7.92. The Morgan fingerprint density at radius 2 is 1.85 bits per heavy atom. The molecule has 0 saturated carbocycles. The van der Waals surface area contributed by atoms with E-state index in [1.54, 1.807) is 15.7 Å². The number of sulfone groups is 1. The number of hydrogen-bond donors (Lipinski definition) is 0. The molecule has 7 heteroatoms. The van der Waals surface area contributed by atoms with E-state index in [2.05, 4.69) is 18.8 Å². The second kappa shape index (κ2) is 7.46. The molecular weight excluding hydrogens is 362 g/mol. The molecule has 146 valence electrons. The number of amides is 1. The lowest BCUT2D eigenvalue weighted by molar-refractivity contribution is -0.131. The molecule has 2 heterocycles. The van der Waals surface area contributed by atoms with Crippen molar-refractivity contribution in [3.63, 3.8) is 0 Å². The van der Waals surface area contributed by atoms with Gasteiger partial charge in [-0.1, -0.05) is 26.0 Å². The lowest BCUT2D eigenvalue weighted by atomic mass is 9.92. The molecule has 1 amide bonds. The molecule has 0 aliphatic carbocycles. The Labute approximate surface area is 161 Å². The molecule has 1 fully saturated rings. The third-order valence-electron chi connectivity index (χ3n) is 5.04. The number of rotatable bonds is 4. The summed E-state index contributed by atoms with van der Waals surface area (Å²) in [6, 6.07) is 5.85. The smallest absolute Gasteiger partial charge is 0.238 e. The Hall–Kier alpha value is -2.15. The highest BCUT2D eigenvalue weighted by Crippen LogP contribution is 2.23. The van der Waals surface area contributed by atoms with Crippen LogP contribution in [0, 0.1) is 25.7 Å². The molecule has 0 unspecified atom stereocenters. The van der Waals surface area contributed by atoms with Crippen molar-refractivity contribution < 1.29 is 13.2 Å². The van der Waals surface area contributed by atoms with Gasteiger partial charge in [0.1, 0.15) is 5.75 Å². The van der Waals surface area contributed by atoms with Gasteiger partial charge in [0.25, 0.3) is 0 Å². The summed E-state index contributed by atoms with van der Waals surface area (Å²) >= 11 is 0. The van der Waals surface area contributed by atoms with E-state index in [1.807, 2.05) is 32.0 Å². The first kappa shape index (κ1) is 19.6. The zero-order chi connectivity index (χ0) is 19.8. The van der Waals surface area contributed by atoms with Crippen LogP contribution in [0.5, 0.6) is 0 Å². The number of imidazole rings is 1. The molecule has 0 bridgehead atoms. The summed E-state index contributed by atoms with van der Waals surface area (Å²) in [6.07, 6.45) is 4.15. The SMILES string of the molecule is Cc1ccc(C)c(-n2ccnc2S(=O)(=O)CC(=O)N2C[C@H](C)C[C@H](C)C2)c1. The number of aromatic nitrogens is 2. The number of carbonyl (C=O) groups is 1. The van der Waals surface area contributed by atoms with Crippen LogP contribution in [0.2, 0.25) is 0 Å². The first-order chi connectivity index (χ1) is 12.7.